The summed E-state index contributed by atoms with van der Waals surface area (Å²) in [6, 6.07) is 7.27. The number of pyridine rings is 1. The van der Waals surface area contributed by atoms with Crippen LogP contribution in [0.1, 0.15) is 69.3 Å². The van der Waals surface area contributed by atoms with Crippen LogP contribution in [0.4, 0.5) is 5.69 Å². The van der Waals surface area contributed by atoms with Crippen LogP contribution in [0.2, 0.25) is 0 Å². The van der Waals surface area contributed by atoms with Gasteiger partial charge in [0, 0.05) is 98.1 Å². The number of anilines is 1. The number of methoxy groups -OCH3 is 1. The van der Waals surface area contributed by atoms with Gasteiger partial charge in [0.05, 0.1) is 58.7 Å². The second-order valence-corrected chi connectivity index (χ2v) is 19.0. The highest BCUT2D eigenvalue weighted by Gasteiger charge is 2.59. The molecule has 0 radical (unpaired) electrons. The minimum Gasteiger partial charge on any atom is -0.464 e. The number of thiazole rings is 1. The number of amides is 2. The van der Waals surface area contributed by atoms with Crippen LogP contribution in [0.5, 0.6) is 0 Å². The van der Waals surface area contributed by atoms with Gasteiger partial charge in [-0.05, 0) is 70.3 Å². The highest BCUT2D eigenvalue weighted by molar-refractivity contribution is 7.10. The molecule has 3 saturated heterocycles. The second-order valence-electron chi connectivity index (χ2n) is 18.1. The SMILES string of the molecule is CCn1c(-c2cc(N3CCN(C)CC3)cnc2[C@H](C)OC)c2c3cc(ccc31)-c1csc(n1)C[C@H](NC(=O)[C@@H]1[C@H]3CCO[C@H]31)C(=O)N1CCC[C@H](N1)C(=O)OCC(C)(C)C2. The van der Waals surface area contributed by atoms with Crippen molar-refractivity contribution < 1.29 is 28.6 Å². The molecule has 1 aromatic carbocycles. The Morgan fingerprint density at radius 2 is 1.95 bits per heavy atom. The predicted octanol–water partition coefficient (Wildman–Crippen LogP) is 4.99. The Kier molecular flexibility index (Phi) is 11.2. The van der Waals surface area contributed by atoms with E-state index in [2.05, 4.69) is 77.2 Å². The molecule has 6 atom stereocenters. The van der Waals surface area contributed by atoms with Gasteiger partial charge >= 0.3 is 5.97 Å². The number of likely N-dealkylation sites (N-methyl/N-ethyl adjacent to an activating group) is 1. The van der Waals surface area contributed by atoms with Crippen LogP contribution in [0.15, 0.2) is 35.8 Å². The largest absolute Gasteiger partial charge is 0.464 e. The number of carbonyl (C=O) groups is 3. The number of carbonyl (C=O) groups excluding carboxylic acids is 3. The number of fused-ring (bicyclic) bond motifs is 7. The molecule has 9 rings (SSSR count). The van der Waals surface area contributed by atoms with Crippen LogP contribution in [0.25, 0.3) is 33.4 Å². The first-order valence-electron chi connectivity index (χ1n) is 21.7. The topological polar surface area (TPSA) is 143 Å². The maximum absolute atomic E-state index is 14.3. The molecule has 1 saturated carbocycles. The number of hydrogen-bond acceptors (Lipinski definition) is 12. The van der Waals surface area contributed by atoms with Crippen molar-refractivity contribution in [3.8, 4) is 22.5 Å². The Morgan fingerprint density at radius 3 is 2.70 bits per heavy atom. The molecule has 15 heteroatoms. The van der Waals surface area contributed by atoms with Gasteiger partial charge in [0.15, 0.2) is 0 Å². The average molecular weight is 839 g/mol. The molecule has 4 fully saturated rings. The summed E-state index contributed by atoms with van der Waals surface area (Å²) in [5, 5.41) is 8.45. The van der Waals surface area contributed by atoms with Crippen molar-refractivity contribution in [1.82, 2.24) is 35.2 Å². The van der Waals surface area contributed by atoms with Gasteiger partial charge in [-0.1, -0.05) is 19.9 Å². The van der Waals surface area contributed by atoms with Gasteiger partial charge in [-0.2, -0.15) is 0 Å². The summed E-state index contributed by atoms with van der Waals surface area (Å²) in [6.45, 7) is 14.3. The van der Waals surface area contributed by atoms with Crippen molar-refractivity contribution in [3.05, 3.63) is 52.1 Å². The average Bonchev–Trinajstić information content (AvgIpc) is 3.58. The Labute approximate surface area is 355 Å². The molecule has 60 heavy (non-hydrogen) atoms. The van der Waals surface area contributed by atoms with Crippen LogP contribution in [-0.4, -0.2) is 121 Å². The fourth-order valence-electron chi connectivity index (χ4n) is 9.70. The first-order valence-corrected chi connectivity index (χ1v) is 22.5. The van der Waals surface area contributed by atoms with Gasteiger partial charge in [-0.3, -0.25) is 24.4 Å². The number of benzene rings is 1. The molecule has 5 aliphatic rings. The Morgan fingerprint density at radius 1 is 1.13 bits per heavy atom. The van der Waals surface area contributed by atoms with Crippen molar-refractivity contribution >= 4 is 45.7 Å². The first-order chi connectivity index (χ1) is 28.9. The second kappa shape index (κ2) is 16.5. The molecule has 0 unspecified atom stereocenters. The van der Waals surface area contributed by atoms with Crippen LogP contribution < -0.4 is 15.6 Å². The number of nitrogens with zero attached hydrogens (tertiary/aromatic N) is 6. The molecule has 320 valence electrons. The number of esters is 1. The lowest BCUT2D eigenvalue weighted by molar-refractivity contribution is -0.155. The van der Waals surface area contributed by atoms with E-state index < -0.39 is 23.5 Å². The van der Waals surface area contributed by atoms with Crippen LogP contribution in [0, 0.1) is 17.3 Å². The molecule has 6 bridgehead atoms. The molecule has 2 N–H and O–H groups in total. The zero-order chi connectivity index (χ0) is 41.9. The van der Waals surface area contributed by atoms with Gasteiger partial charge in [0.1, 0.15) is 12.1 Å². The molecule has 1 aliphatic carbocycles. The highest BCUT2D eigenvalue weighted by Crippen LogP contribution is 2.49. The number of piperazine rings is 1. The minimum atomic E-state index is -0.868. The van der Waals surface area contributed by atoms with E-state index in [0.717, 1.165) is 94.5 Å². The summed E-state index contributed by atoms with van der Waals surface area (Å²) >= 11 is 1.48. The Balaban J connectivity index is 1.15. The number of nitrogens with one attached hydrogen (secondary N) is 2. The van der Waals surface area contributed by atoms with Crippen LogP contribution in [0.3, 0.4) is 0 Å². The minimum absolute atomic E-state index is 0.0719. The predicted molar refractivity (Wildman–Crippen MR) is 230 cm³/mol. The van der Waals surface area contributed by atoms with E-state index in [9.17, 15) is 14.4 Å². The van der Waals surface area contributed by atoms with E-state index >= 15 is 0 Å². The van der Waals surface area contributed by atoms with E-state index in [1.54, 1.807) is 7.11 Å². The maximum Gasteiger partial charge on any atom is 0.324 e. The molecular formula is C45H58N8O6S. The summed E-state index contributed by atoms with van der Waals surface area (Å²) < 4.78 is 20.3. The van der Waals surface area contributed by atoms with E-state index in [1.165, 1.54) is 16.3 Å². The summed E-state index contributed by atoms with van der Waals surface area (Å²) in [6.07, 6.45) is 4.51. The third-order valence-electron chi connectivity index (χ3n) is 13.2. The number of aryl methyl sites for hydroxylation is 1. The third kappa shape index (κ3) is 7.83. The van der Waals surface area contributed by atoms with Crippen molar-refractivity contribution in [3.63, 3.8) is 0 Å². The lowest BCUT2D eigenvalue weighted by Crippen LogP contribution is -2.60. The smallest absolute Gasteiger partial charge is 0.324 e. The number of hydrogen-bond donors (Lipinski definition) is 2. The molecule has 4 aromatic rings. The molecule has 14 nitrogen and oxygen atoms in total. The van der Waals surface area contributed by atoms with E-state index in [-0.39, 0.29) is 48.9 Å². The lowest BCUT2D eigenvalue weighted by atomic mass is 9.84. The number of rotatable bonds is 7. The van der Waals surface area contributed by atoms with E-state index in [0.29, 0.717) is 32.4 Å². The number of cyclic esters (lactones) is 1. The molecule has 7 heterocycles. The molecule has 0 spiro atoms. The molecular weight excluding hydrogens is 781 g/mol. The van der Waals surface area contributed by atoms with Gasteiger partial charge in [-0.15, -0.1) is 11.3 Å². The molecule has 3 aromatic heterocycles. The number of aromatic nitrogens is 3. The summed E-state index contributed by atoms with van der Waals surface area (Å²) in [7, 11) is 3.89. The summed E-state index contributed by atoms with van der Waals surface area (Å²) in [4.78, 5) is 56.7. The standard InChI is InChI=1S/C45H58N8O6S/c1-7-52-36-11-10-27-19-30(36)32(40(52)31-20-28(23-46-39(31)26(2)57-6)51-16-14-50(5)15-17-51)22-45(3,4)25-59-44(56)33-9-8-13-53(49-33)43(55)34(21-37-47-35(27)24-60-37)48-42(54)38-29-12-18-58-41(29)38/h10-11,19-20,23-24,26,29,33-34,38,41,49H,7-9,12-18,21-22,25H2,1-6H3,(H,48,54)/t26-,29+,33-,34-,38+,41+/m0/s1. The zero-order valence-electron chi connectivity index (χ0n) is 35.7. The van der Waals surface area contributed by atoms with Crippen LogP contribution >= 0.6 is 11.3 Å². The van der Waals surface area contributed by atoms with Crippen LogP contribution in [-0.2, 0) is 48.0 Å². The molecule has 2 amide bonds. The molecule has 4 aliphatic heterocycles. The van der Waals surface area contributed by atoms with Crippen molar-refractivity contribution in [2.24, 2.45) is 17.3 Å². The fraction of sp³-hybridized carbons (Fsp3) is 0.578. The van der Waals surface area contributed by atoms with Crippen molar-refractivity contribution in [2.75, 3.05) is 65.0 Å². The zero-order valence-corrected chi connectivity index (χ0v) is 36.5. The quantitative estimate of drug-likeness (QED) is 0.243. The Bertz CT molecular complexity index is 2270. The van der Waals surface area contributed by atoms with Gasteiger partial charge in [0.25, 0.3) is 5.91 Å². The fourth-order valence-corrected chi connectivity index (χ4v) is 10.6. The maximum atomic E-state index is 14.3. The Hall–Kier alpha value is -4.41. The summed E-state index contributed by atoms with van der Waals surface area (Å²) in [5.41, 5.74) is 10.8. The third-order valence-corrected chi connectivity index (χ3v) is 14.1. The van der Waals surface area contributed by atoms with Gasteiger partial charge < -0.3 is 33.9 Å². The lowest BCUT2D eigenvalue weighted by Gasteiger charge is -2.35. The van der Waals surface area contributed by atoms with Crippen molar-refractivity contribution in [1.29, 1.82) is 0 Å². The number of ether oxygens (including phenoxy) is 3. The normalized spacial score (nSPS) is 26.4. The van der Waals surface area contributed by atoms with E-state index in [4.69, 9.17) is 24.2 Å². The van der Waals surface area contributed by atoms with Gasteiger partial charge in [-0.25, -0.2) is 10.4 Å². The number of hydrazine groups is 1. The highest BCUT2D eigenvalue weighted by atomic mass is 32.1. The summed E-state index contributed by atoms with van der Waals surface area (Å²) in [5.74, 6) is -0.893. The monoisotopic (exact) mass is 838 g/mol. The van der Waals surface area contributed by atoms with Crippen molar-refractivity contribution in [2.45, 2.75) is 90.6 Å². The first kappa shape index (κ1) is 41.0. The van der Waals surface area contributed by atoms with E-state index in [1.807, 2.05) is 18.5 Å². The van der Waals surface area contributed by atoms with Gasteiger partial charge in [0.2, 0.25) is 5.91 Å².